The summed E-state index contributed by atoms with van der Waals surface area (Å²) in [6, 6.07) is 13.5. The van der Waals surface area contributed by atoms with E-state index in [0.29, 0.717) is 10.9 Å². The smallest absolute Gasteiger partial charge is 0.189 e. The minimum absolute atomic E-state index is 0.109. The summed E-state index contributed by atoms with van der Waals surface area (Å²) in [7, 11) is 0. The van der Waals surface area contributed by atoms with E-state index in [1.54, 1.807) is 18.2 Å². The summed E-state index contributed by atoms with van der Waals surface area (Å²) in [4.78, 5) is 0. The Balaban J connectivity index is 2.28. The molecule has 25 heavy (non-hydrogen) atoms. The molecule has 4 nitrogen and oxygen atoms in total. The molecule has 0 spiro atoms. The van der Waals surface area contributed by atoms with Gasteiger partial charge in [-0.15, -0.1) is 0 Å². The highest BCUT2D eigenvalue weighted by Gasteiger charge is 2.57. The summed E-state index contributed by atoms with van der Waals surface area (Å²) >= 11 is 6.15. The fourth-order valence-corrected chi connectivity index (χ4v) is 4.48. The van der Waals surface area contributed by atoms with Gasteiger partial charge < -0.3 is 5.41 Å². The standard InChI is InChI=1S/C20H17ClN4/c1-12-5-6-15-16(7-12)18(13-3-2-4-14(21)8-13)20(10-23,11-24)19(25)17(15)9-22/h2-4,6,8,12,16-18,25H,5,7H2,1H3/t12-,16-,17?,18+/m1/s1. The number of rotatable bonds is 1. The molecular weight excluding hydrogens is 332 g/mol. The first-order valence-corrected chi connectivity index (χ1v) is 8.62. The highest BCUT2D eigenvalue weighted by atomic mass is 35.5. The molecule has 0 radical (unpaired) electrons. The molecular formula is C20H17ClN4. The van der Waals surface area contributed by atoms with Gasteiger partial charge in [0.15, 0.2) is 5.41 Å². The number of nitrogens with zero attached hydrogens (tertiary/aromatic N) is 3. The van der Waals surface area contributed by atoms with E-state index in [1.807, 2.05) is 12.1 Å². The molecule has 5 heteroatoms. The van der Waals surface area contributed by atoms with Gasteiger partial charge in [0.1, 0.15) is 5.92 Å². The molecule has 0 saturated heterocycles. The largest absolute Gasteiger partial charge is 0.305 e. The third kappa shape index (κ3) is 2.53. The van der Waals surface area contributed by atoms with E-state index in [0.717, 1.165) is 24.0 Å². The number of allylic oxidation sites excluding steroid dienone is 2. The molecule has 1 unspecified atom stereocenters. The van der Waals surface area contributed by atoms with Crippen molar-refractivity contribution in [1.29, 1.82) is 21.2 Å². The number of benzene rings is 1. The predicted octanol–water partition coefficient (Wildman–Crippen LogP) is 4.60. The average molecular weight is 349 g/mol. The van der Waals surface area contributed by atoms with Crippen LogP contribution in [-0.4, -0.2) is 5.71 Å². The maximum atomic E-state index is 9.91. The second-order valence-electron chi connectivity index (χ2n) is 6.93. The van der Waals surface area contributed by atoms with Crippen LogP contribution in [0.5, 0.6) is 0 Å². The highest BCUT2D eigenvalue weighted by Crippen LogP contribution is 2.55. The van der Waals surface area contributed by atoms with Crippen LogP contribution in [-0.2, 0) is 0 Å². The second-order valence-corrected chi connectivity index (χ2v) is 7.36. The Morgan fingerprint density at radius 1 is 1.24 bits per heavy atom. The first-order valence-electron chi connectivity index (χ1n) is 8.25. The van der Waals surface area contributed by atoms with Crippen molar-refractivity contribution in [3.63, 3.8) is 0 Å². The Hall–Kier alpha value is -2.61. The Morgan fingerprint density at radius 2 is 1.96 bits per heavy atom. The first kappa shape index (κ1) is 17.2. The minimum Gasteiger partial charge on any atom is -0.305 e. The van der Waals surface area contributed by atoms with Crippen LogP contribution in [0, 0.1) is 62.6 Å². The molecule has 124 valence electrons. The van der Waals surface area contributed by atoms with E-state index in [2.05, 4.69) is 25.1 Å². The fourth-order valence-electron chi connectivity index (χ4n) is 4.28. The van der Waals surface area contributed by atoms with E-state index >= 15 is 0 Å². The molecule has 2 aliphatic rings. The number of hydrogen-bond donors (Lipinski definition) is 1. The Bertz CT molecular complexity index is 866. The molecule has 1 aromatic carbocycles. The predicted molar refractivity (Wildman–Crippen MR) is 94.7 cm³/mol. The minimum atomic E-state index is -1.65. The molecule has 2 aliphatic carbocycles. The van der Waals surface area contributed by atoms with Gasteiger partial charge in [-0.1, -0.05) is 36.7 Å². The molecule has 1 saturated carbocycles. The molecule has 1 aromatic rings. The molecule has 0 amide bonds. The molecule has 0 aromatic heterocycles. The first-order chi connectivity index (χ1) is 12.0. The van der Waals surface area contributed by atoms with Gasteiger partial charge in [0.25, 0.3) is 0 Å². The van der Waals surface area contributed by atoms with Crippen LogP contribution in [0.2, 0.25) is 5.02 Å². The van der Waals surface area contributed by atoms with Gasteiger partial charge in [0.05, 0.1) is 23.9 Å². The second kappa shape index (κ2) is 6.36. The lowest BCUT2D eigenvalue weighted by Gasteiger charge is -2.46. The zero-order valence-electron chi connectivity index (χ0n) is 13.8. The lowest BCUT2D eigenvalue weighted by Crippen LogP contribution is -2.49. The van der Waals surface area contributed by atoms with E-state index in [1.165, 1.54) is 0 Å². The van der Waals surface area contributed by atoms with Crippen LogP contribution in [0.4, 0.5) is 0 Å². The molecule has 0 bridgehead atoms. The third-order valence-corrected chi connectivity index (χ3v) is 5.68. The number of fused-ring (bicyclic) bond motifs is 1. The van der Waals surface area contributed by atoms with Crippen molar-refractivity contribution in [1.82, 2.24) is 0 Å². The summed E-state index contributed by atoms with van der Waals surface area (Å²) in [5, 5.41) is 38.5. The van der Waals surface area contributed by atoms with Crippen molar-refractivity contribution in [2.24, 2.45) is 23.2 Å². The summed E-state index contributed by atoms with van der Waals surface area (Å²) in [5.74, 6) is -1.00. The van der Waals surface area contributed by atoms with Crippen LogP contribution in [0.25, 0.3) is 0 Å². The van der Waals surface area contributed by atoms with Crippen molar-refractivity contribution in [3.8, 4) is 18.2 Å². The monoisotopic (exact) mass is 348 g/mol. The Kier molecular flexibility index (Phi) is 4.38. The Morgan fingerprint density at radius 3 is 2.56 bits per heavy atom. The molecule has 0 heterocycles. The van der Waals surface area contributed by atoms with E-state index in [-0.39, 0.29) is 11.6 Å². The van der Waals surface area contributed by atoms with Crippen molar-refractivity contribution in [2.75, 3.05) is 0 Å². The number of nitrogens with one attached hydrogen (secondary N) is 1. The van der Waals surface area contributed by atoms with Crippen LogP contribution >= 0.6 is 11.6 Å². The fraction of sp³-hybridized carbons (Fsp3) is 0.400. The SMILES string of the molecule is C[C@@H]1CC=C2C(C#N)C(=N)C(C#N)(C#N)[C@@H](c3cccc(Cl)c3)[C@@H]2C1. The number of nitriles is 3. The zero-order valence-corrected chi connectivity index (χ0v) is 14.6. The normalized spacial score (nSPS) is 30.2. The van der Waals surface area contributed by atoms with Gasteiger partial charge in [-0.2, -0.15) is 15.8 Å². The Labute approximate surface area is 152 Å². The zero-order chi connectivity index (χ0) is 18.2. The molecule has 3 rings (SSSR count). The van der Waals surface area contributed by atoms with Gasteiger partial charge in [-0.25, -0.2) is 0 Å². The molecule has 1 N–H and O–H groups in total. The summed E-state index contributed by atoms with van der Waals surface area (Å²) < 4.78 is 0. The van der Waals surface area contributed by atoms with Crippen molar-refractivity contribution in [3.05, 3.63) is 46.5 Å². The van der Waals surface area contributed by atoms with Gasteiger partial charge in [-0.05, 0) is 47.9 Å². The number of halogens is 1. The van der Waals surface area contributed by atoms with E-state index in [9.17, 15) is 15.8 Å². The van der Waals surface area contributed by atoms with Crippen LogP contribution in [0.1, 0.15) is 31.2 Å². The topological polar surface area (TPSA) is 95.2 Å². The van der Waals surface area contributed by atoms with E-state index in [4.69, 9.17) is 17.0 Å². The molecule has 1 fully saturated rings. The maximum Gasteiger partial charge on any atom is 0.189 e. The van der Waals surface area contributed by atoms with Gasteiger partial charge in [-0.3, -0.25) is 0 Å². The summed E-state index contributed by atoms with van der Waals surface area (Å²) in [6.45, 7) is 2.13. The summed E-state index contributed by atoms with van der Waals surface area (Å²) in [6.07, 6.45) is 3.68. The maximum absolute atomic E-state index is 9.91. The molecule has 4 atom stereocenters. The van der Waals surface area contributed by atoms with E-state index < -0.39 is 17.3 Å². The average Bonchev–Trinajstić information content (AvgIpc) is 2.61. The third-order valence-electron chi connectivity index (χ3n) is 5.45. The van der Waals surface area contributed by atoms with Gasteiger partial charge in [0.2, 0.25) is 0 Å². The lowest BCUT2D eigenvalue weighted by molar-refractivity contribution is 0.283. The lowest BCUT2D eigenvalue weighted by atomic mass is 9.52. The van der Waals surface area contributed by atoms with Gasteiger partial charge >= 0.3 is 0 Å². The van der Waals surface area contributed by atoms with Gasteiger partial charge in [0, 0.05) is 10.9 Å². The van der Waals surface area contributed by atoms with Crippen LogP contribution in [0.15, 0.2) is 35.9 Å². The molecule has 0 aliphatic heterocycles. The summed E-state index contributed by atoms with van der Waals surface area (Å²) in [5.41, 5.74) is -0.0927. The van der Waals surface area contributed by atoms with Crippen LogP contribution < -0.4 is 0 Å². The van der Waals surface area contributed by atoms with Crippen molar-refractivity contribution in [2.45, 2.75) is 25.7 Å². The van der Waals surface area contributed by atoms with Crippen molar-refractivity contribution >= 4 is 17.3 Å². The quantitative estimate of drug-likeness (QED) is 0.751. The highest BCUT2D eigenvalue weighted by molar-refractivity contribution is 6.30. The van der Waals surface area contributed by atoms with Crippen molar-refractivity contribution < 1.29 is 0 Å². The number of hydrogen-bond acceptors (Lipinski definition) is 4. The van der Waals surface area contributed by atoms with Crippen LogP contribution in [0.3, 0.4) is 0 Å².